The molecular weight excluding hydrogens is 190 g/mol. The lowest BCUT2D eigenvalue weighted by Gasteiger charge is -2.02. The molecule has 0 spiro atoms. The van der Waals surface area contributed by atoms with Gasteiger partial charge in [0.2, 0.25) is 0 Å². The lowest BCUT2D eigenvalue weighted by atomic mass is 10.2. The molecule has 0 radical (unpaired) electrons. The smallest absolute Gasteiger partial charge is 0.433 e. The largest absolute Gasteiger partial charge is 0.445 e. The predicted molar refractivity (Wildman–Crippen MR) is 62.4 cm³/mol. The number of rotatable bonds is 2. The van der Waals surface area contributed by atoms with Crippen LogP contribution in [0.4, 0.5) is 4.79 Å². The van der Waals surface area contributed by atoms with E-state index in [9.17, 15) is 4.79 Å². The number of aliphatic imine (C=N–C) groups is 1. The van der Waals surface area contributed by atoms with Gasteiger partial charge >= 0.3 is 6.09 Å². The van der Waals surface area contributed by atoms with Crippen molar-refractivity contribution in [3.05, 3.63) is 35.9 Å². The van der Waals surface area contributed by atoms with Gasteiger partial charge in [0.15, 0.2) is 0 Å². The summed E-state index contributed by atoms with van der Waals surface area (Å²) in [4.78, 5) is 14.7. The molecule has 0 aliphatic heterocycles. The van der Waals surface area contributed by atoms with E-state index >= 15 is 0 Å². The Bertz CT molecular complexity index is 318. The Balaban J connectivity index is 0.00000196. The Kier molecular flexibility index (Phi) is 6.02. The van der Waals surface area contributed by atoms with E-state index < -0.39 is 6.09 Å². The molecule has 0 unspecified atom stereocenters. The van der Waals surface area contributed by atoms with Crippen LogP contribution in [-0.4, -0.2) is 18.4 Å². The molecular formula is C12H17NO2. The molecule has 15 heavy (non-hydrogen) atoms. The van der Waals surface area contributed by atoms with E-state index in [-0.39, 0.29) is 13.5 Å². The quantitative estimate of drug-likeness (QED) is 0.698. The number of benzene rings is 1. The van der Waals surface area contributed by atoms with Crippen LogP contribution < -0.4 is 0 Å². The summed E-state index contributed by atoms with van der Waals surface area (Å²) >= 11 is 0. The summed E-state index contributed by atoms with van der Waals surface area (Å²) < 4.78 is 4.84. The Labute approximate surface area is 90.8 Å². The van der Waals surface area contributed by atoms with Crippen LogP contribution in [0.5, 0.6) is 0 Å². The first kappa shape index (κ1) is 13.4. The van der Waals surface area contributed by atoms with E-state index in [1.165, 1.54) is 6.21 Å². The fourth-order valence-electron chi connectivity index (χ4n) is 0.898. The Morgan fingerprint density at radius 2 is 1.93 bits per heavy atom. The molecule has 0 heterocycles. The van der Waals surface area contributed by atoms with Gasteiger partial charge in [-0.15, -0.1) is 0 Å². The number of carbonyl (C=O) groups is 1. The number of ether oxygens (including phenoxy) is 1. The zero-order valence-electron chi connectivity index (χ0n) is 8.31. The minimum Gasteiger partial charge on any atom is -0.445 e. The maximum Gasteiger partial charge on any atom is 0.433 e. The van der Waals surface area contributed by atoms with Gasteiger partial charge in [0.05, 0.1) is 6.10 Å². The molecule has 0 bridgehead atoms. The molecule has 0 saturated carbocycles. The molecule has 1 amide bonds. The van der Waals surface area contributed by atoms with Crippen molar-refractivity contribution in [3.8, 4) is 0 Å². The normalized spacial score (nSPS) is 10.1. The number of nitrogens with zero attached hydrogens (tertiary/aromatic N) is 1. The summed E-state index contributed by atoms with van der Waals surface area (Å²) in [6.07, 6.45) is 0.810. The monoisotopic (exact) mass is 207 g/mol. The van der Waals surface area contributed by atoms with Crippen LogP contribution in [0.2, 0.25) is 0 Å². The van der Waals surface area contributed by atoms with E-state index in [1.54, 1.807) is 13.8 Å². The minimum absolute atomic E-state index is 0. The van der Waals surface area contributed by atoms with Crippen molar-refractivity contribution >= 4 is 12.3 Å². The maximum absolute atomic E-state index is 11.0. The molecule has 3 nitrogen and oxygen atoms in total. The minimum atomic E-state index is -0.552. The summed E-state index contributed by atoms with van der Waals surface area (Å²) in [5, 5.41) is 0. The topological polar surface area (TPSA) is 38.7 Å². The number of hydrogen-bond donors (Lipinski definition) is 0. The molecule has 3 heteroatoms. The molecule has 0 aliphatic carbocycles. The average Bonchev–Trinajstić information content (AvgIpc) is 2.15. The highest BCUT2D eigenvalue weighted by molar-refractivity contribution is 5.88. The standard InChI is InChI=1S/C11H13NO2.CH4/c1-9(2)14-11(13)12-8-10-6-4-3-5-7-10;/h3-9H,1-2H3;1H4/b12-8-;. The highest BCUT2D eigenvalue weighted by atomic mass is 16.6. The average molecular weight is 207 g/mol. The maximum atomic E-state index is 11.0. The summed E-state index contributed by atoms with van der Waals surface area (Å²) in [5.41, 5.74) is 0.883. The second kappa shape index (κ2) is 6.76. The molecule has 82 valence electrons. The van der Waals surface area contributed by atoms with Crippen LogP contribution in [0.1, 0.15) is 26.8 Å². The molecule has 1 rings (SSSR count). The summed E-state index contributed by atoms with van der Waals surface area (Å²) in [6, 6.07) is 9.41. The summed E-state index contributed by atoms with van der Waals surface area (Å²) in [7, 11) is 0. The number of amides is 1. The predicted octanol–water partition coefficient (Wildman–Crippen LogP) is 3.29. The van der Waals surface area contributed by atoms with Gasteiger partial charge in [0.1, 0.15) is 0 Å². The van der Waals surface area contributed by atoms with Crippen molar-refractivity contribution in [2.75, 3.05) is 0 Å². The Hall–Kier alpha value is -1.64. The van der Waals surface area contributed by atoms with Crippen molar-refractivity contribution in [1.82, 2.24) is 0 Å². The highest BCUT2D eigenvalue weighted by Crippen LogP contribution is 1.96. The molecule has 0 fully saturated rings. The van der Waals surface area contributed by atoms with Crippen molar-refractivity contribution in [2.24, 2.45) is 4.99 Å². The lowest BCUT2D eigenvalue weighted by molar-refractivity contribution is 0.126. The fraction of sp³-hybridized carbons (Fsp3) is 0.333. The number of hydrogen-bond acceptors (Lipinski definition) is 2. The van der Waals surface area contributed by atoms with Gasteiger partial charge in [0.25, 0.3) is 0 Å². The molecule has 0 N–H and O–H groups in total. The van der Waals surface area contributed by atoms with Gasteiger partial charge in [-0.05, 0) is 19.4 Å². The van der Waals surface area contributed by atoms with Gasteiger partial charge in [-0.1, -0.05) is 37.8 Å². The first-order valence-electron chi connectivity index (χ1n) is 4.48. The third kappa shape index (κ3) is 5.62. The van der Waals surface area contributed by atoms with Crippen molar-refractivity contribution in [3.63, 3.8) is 0 Å². The number of carbonyl (C=O) groups excluding carboxylic acids is 1. The molecule has 0 saturated heterocycles. The van der Waals surface area contributed by atoms with E-state index in [1.807, 2.05) is 30.3 Å². The van der Waals surface area contributed by atoms with Crippen molar-refractivity contribution in [2.45, 2.75) is 27.4 Å². The van der Waals surface area contributed by atoms with Gasteiger partial charge < -0.3 is 4.74 Å². The molecule has 1 aromatic rings. The van der Waals surface area contributed by atoms with Crippen LogP contribution in [0, 0.1) is 0 Å². The third-order valence-corrected chi connectivity index (χ3v) is 1.46. The van der Waals surface area contributed by atoms with Crippen LogP contribution in [0.25, 0.3) is 0 Å². The molecule has 1 aromatic carbocycles. The zero-order valence-corrected chi connectivity index (χ0v) is 8.31. The van der Waals surface area contributed by atoms with Crippen LogP contribution >= 0.6 is 0 Å². The summed E-state index contributed by atoms with van der Waals surface area (Å²) in [6.45, 7) is 3.58. The van der Waals surface area contributed by atoms with Crippen molar-refractivity contribution < 1.29 is 9.53 Å². The van der Waals surface area contributed by atoms with Gasteiger partial charge in [-0.25, -0.2) is 4.79 Å². The van der Waals surface area contributed by atoms with E-state index in [4.69, 9.17) is 4.74 Å². The van der Waals surface area contributed by atoms with E-state index in [0.29, 0.717) is 0 Å². The van der Waals surface area contributed by atoms with Crippen LogP contribution in [0.15, 0.2) is 35.3 Å². The second-order valence-electron chi connectivity index (χ2n) is 3.10. The molecule has 0 atom stereocenters. The zero-order chi connectivity index (χ0) is 10.4. The van der Waals surface area contributed by atoms with Gasteiger partial charge in [-0.2, -0.15) is 4.99 Å². The highest BCUT2D eigenvalue weighted by Gasteiger charge is 2.00. The van der Waals surface area contributed by atoms with Crippen LogP contribution in [0.3, 0.4) is 0 Å². The Morgan fingerprint density at radius 1 is 1.33 bits per heavy atom. The van der Waals surface area contributed by atoms with Crippen molar-refractivity contribution in [1.29, 1.82) is 0 Å². The molecule has 0 aliphatic rings. The Morgan fingerprint density at radius 3 is 2.47 bits per heavy atom. The third-order valence-electron chi connectivity index (χ3n) is 1.46. The summed E-state index contributed by atoms with van der Waals surface area (Å²) in [5.74, 6) is 0. The van der Waals surface area contributed by atoms with E-state index in [0.717, 1.165) is 5.56 Å². The fourth-order valence-corrected chi connectivity index (χ4v) is 0.898. The first-order chi connectivity index (χ1) is 6.68. The SMILES string of the molecule is C.CC(C)OC(=O)/N=C\c1ccccc1. The van der Waals surface area contributed by atoms with Gasteiger partial charge in [-0.3, -0.25) is 0 Å². The molecule has 0 aromatic heterocycles. The first-order valence-corrected chi connectivity index (χ1v) is 4.48. The lowest BCUT2D eigenvalue weighted by Crippen LogP contribution is -2.07. The van der Waals surface area contributed by atoms with Gasteiger partial charge in [0, 0.05) is 6.21 Å². The second-order valence-corrected chi connectivity index (χ2v) is 3.10. The van der Waals surface area contributed by atoms with E-state index in [2.05, 4.69) is 4.99 Å². The van der Waals surface area contributed by atoms with Crippen LogP contribution in [-0.2, 0) is 4.74 Å².